The molecule has 2 aromatic rings. The molecule has 1 fully saturated rings. The number of alkyl carbamates (subject to hydrolysis) is 1. The summed E-state index contributed by atoms with van der Waals surface area (Å²) in [4.78, 5) is 39.0. The van der Waals surface area contributed by atoms with E-state index in [1.807, 2.05) is 45.0 Å². The molecule has 35 heavy (non-hydrogen) atoms. The van der Waals surface area contributed by atoms with E-state index < -0.39 is 29.1 Å². The zero-order valence-electron chi connectivity index (χ0n) is 20.8. The number of nitrogens with zero attached hydrogens (tertiary/aromatic N) is 1. The van der Waals surface area contributed by atoms with Crippen molar-refractivity contribution in [3.8, 4) is 11.1 Å². The van der Waals surface area contributed by atoms with E-state index in [1.54, 1.807) is 7.05 Å². The standard InChI is InChI=1S/C28H34N2O5/c1-27(2,3)23(16-24(31)30(4)28(25(32)33)14-9-15-28)29-26(34)35-17-22-20-12-7-5-10-18(20)19-11-6-8-13-21(19)22/h5-8,10-13,22-23H,9,14-17H2,1-4H3,(H,29,34)(H,32,33). The minimum absolute atomic E-state index is 0.000768. The average Bonchev–Trinajstić information content (AvgIpc) is 3.09. The molecule has 7 nitrogen and oxygen atoms in total. The van der Waals surface area contributed by atoms with Gasteiger partial charge >= 0.3 is 12.1 Å². The molecule has 0 aliphatic heterocycles. The van der Waals surface area contributed by atoms with E-state index in [4.69, 9.17) is 4.74 Å². The molecule has 7 heteroatoms. The Morgan fingerprint density at radius 1 is 1.06 bits per heavy atom. The van der Waals surface area contributed by atoms with Crippen LogP contribution < -0.4 is 5.32 Å². The minimum Gasteiger partial charge on any atom is -0.479 e. The first kappa shape index (κ1) is 24.8. The van der Waals surface area contributed by atoms with Crippen LogP contribution in [0.1, 0.15) is 63.5 Å². The van der Waals surface area contributed by atoms with Gasteiger partial charge in [0, 0.05) is 25.4 Å². The fraction of sp³-hybridized carbons (Fsp3) is 0.464. The number of carboxylic acids is 1. The zero-order chi connectivity index (χ0) is 25.4. The van der Waals surface area contributed by atoms with Crippen LogP contribution in [0.4, 0.5) is 4.79 Å². The summed E-state index contributed by atoms with van der Waals surface area (Å²) in [5.74, 6) is -1.33. The zero-order valence-corrected chi connectivity index (χ0v) is 20.8. The van der Waals surface area contributed by atoms with Gasteiger partial charge in [0.05, 0.1) is 0 Å². The molecule has 1 saturated carbocycles. The summed E-state index contributed by atoms with van der Waals surface area (Å²) >= 11 is 0. The lowest BCUT2D eigenvalue weighted by atomic mass is 9.75. The monoisotopic (exact) mass is 478 g/mol. The number of rotatable bonds is 7. The van der Waals surface area contributed by atoms with Crippen molar-refractivity contribution in [1.82, 2.24) is 10.2 Å². The van der Waals surface area contributed by atoms with Crippen LogP contribution in [0.15, 0.2) is 48.5 Å². The van der Waals surface area contributed by atoms with Gasteiger partial charge in [-0.25, -0.2) is 9.59 Å². The third-order valence-corrected chi connectivity index (χ3v) is 7.65. The Bertz CT molecular complexity index is 1090. The Balaban J connectivity index is 1.42. The number of nitrogens with one attached hydrogen (secondary N) is 1. The highest BCUT2D eigenvalue weighted by Crippen LogP contribution is 2.44. The van der Waals surface area contributed by atoms with Gasteiger partial charge in [0.1, 0.15) is 12.1 Å². The summed E-state index contributed by atoms with van der Waals surface area (Å²) in [6, 6.07) is 15.8. The van der Waals surface area contributed by atoms with Crippen LogP contribution in [-0.4, -0.2) is 53.2 Å². The van der Waals surface area contributed by atoms with Crippen LogP contribution in [0.3, 0.4) is 0 Å². The van der Waals surface area contributed by atoms with E-state index in [9.17, 15) is 19.5 Å². The van der Waals surface area contributed by atoms with Crippen LogP contribution in [-0.2, 0) is 14.3 Å². The molecule has 2 amide bonds. The van der Waals surface area contributed by atoms with Gasteiger partial charge in [-0.1, -0.05) is 69.3 Å². The Hall–Kier alpha value is -3.35. The lowest BCUT2D eigenvalue weighted by molar-refractivity contribution is -0.164. The van der Waals surface area contributed by atoms with Gasteiger partial charge in [0.15, 0.2) is 0 Å². The molecular formula is C28H34N2O5. The third-order valence-electron chi connectivity index (χ3n) is 7.65. The highest BCUT2D eigenvalue weighted by Gasteiger charge is 2.50. The summed E-state index contributed by atoms with van der Waals surface area (Å²) in [5.41, 5.74) is 3.00. The number of carbonyl (C=O) groups excluding carboxylic acids is 2. The molecule has 2 aliphatic carbocycles. The maximum absolute atomic E-state index is 13.0. The normalized spacial score (nSPS) is 16.9. The maximum Gasteiger partial charge on any atom is 0.407 e. The second kappa shape index (κ2) is 9.36. The lowest BCUT2D eigenvalue weighted by Crippen LogP contribution is -2.60. The van der Waals surface area contributed by atoms with Crippen LogP contribution >= 0.6 is 0 Å². The van der Waals surface area contributed by atoms with Crippen molar-refractivity contribution in [2.75, 3.05) is 13.7 Å². The van der Waals surface area contributed by atoms with Crippen LogP contribution in [0, 0.1) is 5.41 Å². The van der Waals surface area contributed by atoms with Crippen molar-refractivity contribution < 1.29 is 24.2 Å². The summed E-state index contributed by atoms with van der Waals surface area (Å²) in [5, 5.41) is 12.5. The van der Waals surface area contributed by atoms with Gasteiger partial charge in [-0.05, 0) is 46.9 Å². The first-order valence-electron chi connectivity index (χ1n) is 12.2. The number of hydrogen-bond donors (Lipinski definition) is 2. The van der Waals surface area contributed by atoms with Gasteiger partial charge in [-0.3, -0.25) is 4.79 Å². The molecule has 186 valence electrons. The average molecular weight is 479 g/mol. The first-order chi connectivity index (χ1) is 16.5. The van der Waals surface area contributed by atoms with Gasteiger partial charge < -0.3 is 20.1 Å². The van der Waals surface area contributed by atoms with E-state index in [1.165, 1.54) is 4.90 Å². The summed E-state index contributed by atoms with van der Waals surface area (Å²) in [6.45, 7) is 5.99. The Labute approximate surface area is 206 Å². The molecule has 0 aromatic heterocycles. The molecule has 1 atom stereocenters. The number of amides is 2. The molecule has 2 aromatic carbocycles. The molecule has 2 aliphatic rings. The van der Waals surface area contributed by atoms with Crippen molar-refractivity contribution in [3.63, 3.8) is 0 Å². The molecule has 0 bridgehead atoms. The Morgan fingerprint density at radius 3 is 2.06 bits per heavy atom. The van der Waals surface area contributed by atoms with Crippen molar-refractivity contribution in [2.24, 2.45) is 5.41 Å². The number of aliphatic carboxylic acids is 1. The van der Waals surface area contributed by atoms with Gasteiger partial charge in [0.2, 0.25) is 5.91 Å². The summed E-state index contributed by atoms with van der Waals surface area (Å²) in [6.07, 6.45) is 1.10. The van der Waals surface area contributed by atoms with Crippen molar-refractivity contribution in [3.05, 3.63) is 59.7 Å². The number of likely N-dealkylation sites (N-methyl/N-ethyl adjacent to an activating group) is 1. The minimum atomic E-state index is -1.14. The lowest BCUT2D eigenvalue weighted by Gasteiger charge is -2.45. The van der Waals surface area contributed by atoms with E-state index in [-0.39, 0.29) is 24.9 Å². The topological polar surface area (TPSA) is 95.9 Å². The van der Waals surface area contributed by atoms with Crippen LogP contribution in [0.25, 0.3) is 11.1 Å². The number of hydrogen-bond acceptors (Lipinski definition) is 4. The molecule has 0 radical (unpaired) electrons. The Kier molecular flexibility index (Phi) is 6.62. The van der Waals surface area contributed by atoms with E-state index in [2.05, 4.69) is 29.6 Å². The van der Waals surface area contributed by atoms with E-state index in [0.29, 0.717) is 12.8 Å². The summed E-state index contributed by atoms with van der Waals surface area (Å²) in [7, 11) is 1.54. The summed E-state index contributed by atoms with van der Waals surface area (Å²) < 4.78 is 5.68. The molecule has 2 N–H and O–H groups in total. The van der Waals surface area contributed by atoms with Gasteiger partial charge in [0.25, 0.3) is 0 Å². The molecule has 4 rings (SSSR count). The van der Waals surface area contributed by atoms with Crippen molar-refractivity contribution >= 4 is 18.0 Å². The quantitative estimate of drug-likeness (QED) is 0.596. The number of fused-ring (bicyclic) bond motifs is 3. The number of carboxylic acid groups (broad SMARTS) is 1. The van der Waals surface area contributed by atoms with Crippen molar-refractivity contribution in [2.45, 2.75) is 64.0 Å². The van der Waals surface area contributed by atoms with E-state index in [0.717, 1.165) is 28.7 Å². The second-order valence-corrected chi connectivity index (χ2v) is 10.7. The molecule has 1 unspecified atom stereocenters. The number of carbonyl (C=O) groups is 3. The van der Waals surface area contributed by atoms with Gasteiger partial charge in [-0.2, -0.15) is 0 Å². The SMILES string of the molecule is CN(C(=O)CC(NC(=O)OCC1c2ccccc2-c2ccccc21)C(C)(C)C)C1(C(=O)O)CCC1. The predicted octanol–water partition coefficient (Wildman–Crippen LogP) is 4.80. The second-order valence-electron chi connectivity index (χ2n) is 10.7. The fourth-order valence-electron chi connectivity index (χ4n) is 5.11. The molecule has 0 saturated heterocycles. The van der Waals surface area contributed by atoms with Crippen LogP contribution in [0.5, 0.6) is 0 Å². The maximum atomic E-state index is 13.0. The van der Waals surface area contributed by atoms with Crippen LogP contribution in [0.2, 0.25) is 0 Å². The van der Waals surface area contributed by atoms with Gasteiger partial charge in [-0.15, -0.1) is 0 Å². The smallest absolute Gasteiger partial charge is 0.407 e. The van der Waals surface area contributed by atoms with E-state index >= 15 is 0 Å². The molecule has 0 spiro atoms. The highest BCUT2D eigenvalue weighted by molar-refractivity contribution is 5.88. The number of benzene rings is 2. The Morgan fingerprint density at radius 2 is 1.60 bits per heavy atom. The highest BCUT2D eigenvalue weighted by atomic mass is 16.5. The fourth-order valence-corrected chi connectivity index (χ4v) is 5.11. The third kappa shape index (κ3) is 4.64. The predicted molar refractivity (Wildman–Crippen MR) is 133 cm³/mol. The first-order valence-corrected chi connectivity index (χ1v) is 12.2. The molecular weight excluding hydrogens is 444 g/mol. The largest absolute Gasteiger partial charge is 0.479 e. The van der Waals surface area contributed by atoms with Crippen molar-refractivity contribution in [1.29, 1.82) is 0 Å². The number of ether oxygens (including phenoxy) is 1. The molecule has 0 heterocycles.